The molecule has 0 spiro atoms. The Morgan fingerprint density at radius 2 is 2.06 bits per heavy atom. The summed E-state index contributed by atoms with van der Waals surface area (Å²) in [6.45, 7) is 5.23. The Morgan fingerprint density at radius 3 is 2.44 bits per heavy atom. The molecule has 3 nitrogen and oxygen atoms in total. The topological polar surface area (TPSA) is 40.5 Å². The number of carbonyl (C=O) groups is 1. The molecule has 0 aromatic heterocycles. The van der Waals surface area contributed by atoms with Crippen molar-refractivity contribution in [2.45, 2.75) is 46.0 Å². The lowest BCUT2D eigenvalue weighted by Gasteiger charge is -2.41. The highest BCUT2D eigenvalue weighted by atomic mass is 16.3. The molecule has 0 aliphatic heterocycles. The van der Waals surface area contributed by atoms with Crippen molar-refractivity contribution in [3.8, 4) is 0 Å². The first-order valence-electron chi connectivity index (χ1n) is 6.38. The molecule has 1 rings (SSSR count). The number of hydrogen-bond acceptors (Lipinski definition) is 2. The minimum atomic E-state index is -0.424. The van der Waals surface area contributed by atoms with Crippen molar-refractivity contribution in [2.75, 3.05) is 20.2 Å². The SMILES string of the molecule is CC(C)CCCN(C)C(=O)C1(CO)CCC1. The zero-order valence-electron chi connectivity index (χ0n) is 10.8. The normalized spacial score (nSPS) is 18.3. The summed E-state index contributed by atoms with van der Waals surface area (Å²) in [5.74, 6) is 0.837. The van der Waals surface area contributed by atoms with Crippen LogP contribution in [-0.4, -0.2) is 36.1 Å². The predicted molar refractivity (Wildman–Crippen MR) is 65.1 cm³/mol. The van der Waals surface area contributed by atoms with Gasteiger partial charge in [-0.05, 0) is 31.6 Å². The monoisotopic (exact) mass is 227 g/mol. The van der Waals surface area contributed by atoms with Crippen molar-refractivity contribution in [1.29, 1.82) is 0 Å². The smallest absolute Gasteiger partial charge is 0.230 e. The highest BCUT2D eigenvalue weighted by Crippen LogP contribution is 2.41. The summed E-state index contributed by atoms with van der Waals surface area (Å²) in [6, 6.07) is 0. The van der Waals surface area contributed by atoms with E-state index in [0.717, 1.165) is 38.6 Å². The molecule has 0 saturated heterocycles. The van der Waals surface area contributed by atoms with Gasteiger partial charge < -0.3 is 10.0 Å². The van der Waals surface area contributed by atoms with Gasteiger partial charge in [0.1, 0.15) is 0 Å². The summed E-state index contributed by atoms with van der Waals surface area (Å²) in [5.41, 5.74) is -0.424. The molecule has 1 fully saturated rings. The van der Waals surface area contributed by atoms with E-state index in [-0.39, 0.29) is 12.5 Å². The van der Waals surface area contributed by atoms with Crippen molar-refractivity contribution in [3.05, 3.63) is 0 Å². The lowest BCUT2D eigenvalue weighted by Crippen LogP contribution is -2.49. The third-order valence-electron chi connectivity index (χ3n) is 3.69. The van der Waals surface area contributed by atoms with Gasteiger partial charge in [0.05, 0.1) is 12.0 Å². The maximum atomic E-state index is 12.1. The van der Waals surface area contributed by atoms with Crippen molar-refractivity contribution < 1.29 is 9.90 Å². The van der Waals surface area contributed by atoms with E-state index < -0.39 is 5.41 Å². The number of aliphatic hydroxyl groups excluding tert-OH is 1. The van der Waals surface area contributed by atoms with Crippen LogP contribution in [0.2, 0.25) is 0 Å². The fraction of sp³-hybridized carbons (Fsp3) is 0.923. The minimum absolute atomic E-state index is 0.0142. The first-order valence-corrected chi connectivity index (χ1v) is 6.38. The minimum Gasteiger partial charge on any atom is -0.395 e. The number of carbonyl (C=O) groups excluding carboxylic acids is 1. The summed E-state index contributed by atoms with van der Waals surface area (Å²) in [7, 11) is 1.86. The summed E-state index contributed by atoms with van der Waals surface area (Å²) in [4.78, 5) is 13.9. The molecule has 94 valence electrons. The van der Waals surface area contributed by atoms with E-state index in [9.17, 15) is 9.90 Å². The van der Waals surface area contributed by atoms with E-state index in [1.807, 2.05) is 7.05 Å². The molecule has 0 aromatic rings. The second-order valence-corrected chi connectivity index (χ2v) is 5.55. The van der Waals surface area contributed by atoms with Gasteiger partial charge in [0.25, 0.3) is 0 Å². The maximum Gasteiger partial charge on any atom is 0.230 e. The standard InChI is InChI=1S/C13H25NO2/c1-11(2)6-4-9-14(3)12(16)13(10-15)7-5-8-13/h11,15H,4-10H2,1-3H3. The molecule has 0 unspecified atom stereocenters. The second kappa shape index (κ2) is 5.67. The van der Waals surface area contributed by atoms with E-state index in [1.54, 1.807) is 4.90 Å². The molecule has 1 aliphatic rings. The van der Waals surface area contributed by atoms with Crippen molar-refractivity contribution in [1.82, 2.24) is 4.90 Å². The third-order valence-corrected chi connectivity index (χ3v) is 3.69. The van der Waals surface area contributed by atoms with Gasteiger partial charge in [-0.3, -0.25) is 4.79 Å². The van der Waals surface area contributed by atoms with Gasteiger partial charge in [0.2, 0.25) is 5.91 Å². The van der Waals surface area contributed by atoms with Gasteiger partial charge in [-0.2, -0.15) is 0 Å². The van der Waals surface area contributed by atoms with Gasteiger partial charge in [0, 0.05) is 13.6 Å². The zero-order valence-corrected chi connectivity index (χ0v) is 10.8. The molecule has 0 bridgehead atoms. The van der Waals surface area contributed by atoms with Gasteiger partial charge in [-0.15, -0.1) is 0 Å². The number of rotatable bonds is 6. The zero-order chi connectivity index (χ0) is 12.2. The van der Waals surface area contributed by atoms with E-state index >= 15 is 0 Å². The quantitative estimate of drug-likeness (QED) is 0.754. The summed E-state index contributed by atoms with van der Waals surface area (Å²) >= 11 is 0. The second-order valence-electron chi connectivity index (χ2n) is 5.55. The Kier molecular flexibility index (Phi) is 4.78. The number of hydrogen-bond donors (Lipinski definition) is 1. The van der Waals surface area contributed by atoms with Crippen molar-refractivity contribution in [2.24, 2.45) is 11.3 Å². The molecule has 1 aliphatic carbocycles. The van der Waals surface area contributed by atoms with Crippen LogP contribution in [0.4, 0.5) is 0 Å². The molecule has 0 heterocycles. The van der Waals surface area contributed by atoms with Crippen molar-refractivity contribution in [3.63, 3.8) is 0 Å². The van der Waals surface area contributed by atoms with Crippen LogP contribution >= 0.6 is 0 Å². The van der Waals surface area contributed by atoms with Gasteiger partial charge in [-0.25, -0.2) is 0 Å². The molecule has 0 aromatic carbocycles. The molecule has 1 amide bonds. The molecular formula is C13H25NO2. The average molecular weight is 227 g/mol. The van der Waals surface area contributed by atoms with Crippen LogP contribution in [0.15, 0.2) is 0 Å². The molecule has 1 N–H and O–H groups in total. The lowest BCUT2D eigenvalue weighted by molar-refractivity contribution is -0.149. The molecule has 3 heteroatoms. The summed E-state index contributed by atoms with van der Waals surface area (Å²) < 4.78 is 0. The van der Waals surface area contributed by atoms with Gasteiger partial charge >= 0.3 is 0 Å². The highest BCUT2D eigenvalue weighted by molar-refractivity contribution is 5.83. The van der Waals surface area contributed by atoms with Crippen molar-refractivity contribution >= 4 is 5.91 Å². The Balaban J connectivity index is 2.35. The molecule has 16 heavy (non-hydrogen) atoms. The van der Waals surface area contributed by atoms with E-state index in [4.69, 9.17) is 0 Å². The van der Waals surface area contributed by atoms with Gasteiger partial charge in [0.15, 0.2) is 0 Å². The first kappa shape index (κ1) is 13.5. The highest BCUT2D eigenvalue weighted by Gasteiger charge is 2.44. The fourth-order valence-electron chi connectivity index (χ4n) is 2.29. The summed E-state index contributed by atoms with van der Waals surface area (Å²) in [5, 5.41) is 9.32. The first-order chi connectivity index (χ1) is 7.52. The van der Waals surface area contributed by atoms with Crippen LogP contribution in [0.1, 0.15) is 46.0 Å². The van der Waals surface area contributed by atoms with Crippen LogP contribution in [0.25, 0.3) is 0 Å². The van der Waals surface area contributed by atoms with Gasteiger partial charge in [-0.1, -0.05) is 20.3 Å². The Morgan fingerprint density at radius 1 is 1.44 bits per heavy atom. The molecule has 0 radical (unpaired) electrons. The maximum absolute atomic E-state index is 12.1. The average Bonchev–Trinajstić information content (AvgIpc) is 2.16. The summed E-state index contributed by atoms with van der Waals surface area (Å²) in [6.07, 6.45) is 5.00. The number of amides is 1. The van der Waals surface area contributed by atoms with E-state index in [2.05, 4.69) is 13.8 Å². The third kappa shape index (κ3) is 2.97. The van der Waals surface area contributed by atoms with Crippen LogP contribution < -0.4 is 0 Å². The van der Waals surface area contributed by atoms with E-state index in [1.165, 1.54) is 0 Å². The van der Waals surface area contributed by atoms with E-state index in [0.29, 0.717) is 5.92 Å². The largest absolute Gasteiger partial charge is 0.395 e. The molecule has 1 saturated carbocycles. The van der Waals surface area contributed by atoms with Crippen LogP contribution in [0, 0.1) is 11.3 Å². The van der Waals surface area contributed by atoms with Crippen LogP contribution in [-0.2, 0) is 4.79 Å². The Bertz CT molecular complexity index is 229. The molecule has 0 atom stereocenters. The number of nitrogens with zero attached hydrogens (tertiary/aromatic N) is 1. The Hall–Kier alpha value is -0.570. The fourth-order valence-corrected chi connectivity index (χ4v) is 2.29. The van der Waals surface area contributed by atoms with Crippen LogP contribution in [0.3, 0.4) is 0 Å². The Labute approximate surface area is 98.8 Å². The number of aliphatic hydroxyl groups is 1. The molecular weight excluding hydrogens is 202 g/mol. The van der Waals surface area contributed by atoms with Crippen LogP contribution in [0.5, 0.6) is 0 Å². The predicted octanol–water partition coefficient (Wildman–Crippen LogP) is 2.04. The lowest BCUT2D eigenvalue weighted by atomic mass is 9.68.